The lowest BCUT2D eigenvalue weighted by Gasteiger charge is -2.05. The van der Waals surface area contributed by atoms with Gasteiger partial charge in [-0.05, 0) is 63.0 Å². The Morgan fingerprint density at radius 2 is 1.40 bits per heavy atom. The molecule has 0 N–H and O–H groups in total. The van der Waals surface area contributed by atoms with Gasteiger partial charge in [0.1, 0.15) is 0 Å². The Labute approximate surface area is 131 Å². The van der Waals surface area contributed by atoms with Crippen molar-refractivity contribution in [3.8, 4) is 0 Å². The van der Waals surface area contributed by atoms with E-state index in [-0.39, 0.29) is 5.43 Å². The maximum Gasteiger partial charge on any atom is 0.194 e. The van der Waals surface area contributed by atoms with Gasteiger partial charge >= 0.3 is 0 Å². The van der Waals surface area contributed by atoms with Gasteiger partial charge in [-0.15, -0.1) is 0 Å². The van der Waals surface area contributed by atoms with Crippen LogP contribution < -0.4 is 5.43 Å². The Hall–Kier alpha value is -1.42. The van der Waals surface area contributed by atoms with Gasteiger partial charge in [0.2, 0.25) is 0 Å². The van der Waals surface area contributed by atoms with Crippen LogP contribution in [0.15, 0.2) is 53.3 Å². The van der Waals surface area contributed by atoms with Crippen molar-refractivity contribution >= 4 is 44.1 Å². The molecule has 3 aromatic carbocycles. The molecule has 3 aromatic rings. The third-order valence-electron chi connectivity index (χ3n) is 3.69. The molecule has 100 valence electrons. The third-order valence-corrected chi connectivity index (χ3v) is 4.36. The Morgan fingerprint density at radius 3 is 2.05 bits per heavy atom. The van der Waals surface area contributed by atoms with Crippen LogP contribution in [-0.4, -0.2) is 0 Å². The highest BCUT2D eigenvalue weighted by Crippen LogP contribution is 2.21. The van der Waals surface area contributed by atoms with E-state index < -0.39 is 0 Å². The summed E-state index contributed by atoms with van der Waals surface area (Å²) in [4.78, 5) is 12.8. The van der Waals surface area contributed by atoms with Crippen molar-refractivity contribution in [3.05, 3.63) is 67.9 Å². The molecule has 0 aliphatic rings. The lowest BCUT2D eigenvalue weighted by molar-refractivity contribution is 0.869. The van der Waals surface area contributed by atoms with E-state index in [1.54, 1.807) is 0 Å². The van der Waals surface area contributed by atoms with Crippen LogP contribution in [0.25, 0.3) is 21.5 Å². The summed E-state index contributed by atoms with van der Waals surface area (Å²) in [5.74, 6) is 0.427. The normalized spacial score (nSPS) is 11.4. The van der Waals surface area contributed by atoms with Crippen molar-refractivity contribution in [3.63, 3.8) is 0 Å². The van der Waals surface area contributed by atoms with Crippen LogP contribution in [0.2, 0.25) is 0 Å². The van der Waals surface area contributed by atoms with Crippen molar-refractivity contribution in [1.29, 1.82) is 0 Å². The van der Waals surface area contributed by atoms with E-state index >= 15 is 0 Å². The first kappa shape index (κ1) is 13.6. The van der Waals surface area contributed by atoms with Crippen molar-refractivity contribution < 1.29 is 0 Å². The first-order valence-corrected chi connectivity index (χ1v) is 7.80. The number of fused-ring (bicyclic) bond motifs is 2. The van der Waals surface area contributed by atoms with E-state index in [9.17, 15) is 4.79 Å². The lowest BCUT2D eigenvalue weighted by Crippen LogP contribution is -2.00. The number of halogens is 1. The average molecular weight is 374 g/mol. The summed E-state index contributed by atoms with van der Waals surface area (Å²) in [5.41, 5.74) is 1.33. The lowest BCUT2D eigenvalue weighted by atomic mass is 10.00. The van der Waals surface area contributed by atoms with Gasteiger partial charge in [-0.3, -0.25) is 4.79 Å². The first-order chi connectivity index (χ1) is 9.56. The van der Waals surface area contributed by atoms with Crippen LogP contribution in [0.3, 0.4) is 0 Å². The van der Waals surface area contributed by atoms with Crippen LogP contribution in [0.1, 0.15) is 25.3 Å². The summed E-state index contributed by atoms with van der Waals surface area (Å²) in [6.07, 6.45) is 0. The molecule has 3 rings (SSSR count). The van der Waals surface area contributed by atoms with Crippen LogP contribution in [-0.2, 0) is 0 Å². The molecule has 0 radical (unpaired) electrons. The first-order valence-electron chi connectivity index (χ1n) is 6.72. The molecular weight excluding hydrogens is 359 g/mol. The van der Waals surface area contributed by atoms with E-state index in [2.05, 4.69) is 48.6 Å². The van der Waals surface area contributed by atoms with Gasteiger partial charge in [-0.2, -0.15) is 0 Å². The van der Waals surface area contributed by atoms with E-state index in [4.69, 9.17) is 0 Å². The topological polar surface area (TPSA) is 17.1 Å². The second-order valence-electron chi connectivity index (χ2n) is 5.40. The van der Waals surface area contributed by atoms with Crippen LogP contribution in [0.5, 0.6) is 0 Å². The minimum Gasteiger partial charge on any atom is -0.289 e. The number of hydrogen-bond acceptors (Lipinski definition) is 1. The summed E-state index contributed by atoms with van der Waals surface area (Å²) in [5, 5.41) is 3.62. The SMILES string of the molecule is CC(C)c1ccc2ccc3ccc(I)cc3c(=O)c2c1. The number of benzene rings is 2. The standard InChI is InChI=1S/C18H15IO/c1-11(2)14-6-5-12-3-4-13-7-8-15(19)10-17(13)18(20)16(12)9-14/h3-11H,1-2H3. The van der Waals surface area contributed by atoms with Gasteiger partial charge in [-0.1, -0.05) is 44.2 Å². The Kier molecular flexibility index (Phi) is 3.50. The van der Waals surface area contributed by atoms with Crippen molar-refractivity contribution in [2.75, 3.05) is 0 Å². The van der Waals surface area contributed by atoms with Gasteiger partial charge in [0.15, 0.2) is 5.43 Å². The minimum atomic E-state index is 0.126. The summed E-state index contributed by atoms with van der Waals surface area (Å²) >= 11 is 2.25. The fourth-order valence-corrected chi connectivity index (χ4v) is 2.96. The molecule has 0 aromatic heterocycles. The van der Waals surface area contributed by atoms with Crippen molar-refractivity contribution in [2.45, 2.75) is 19.8 Å². The maximum absolute atomic E-state index is 12.8. The van der Waals surface area contributed by atoms with Gasteiger partial charge < -0.3 is 0 Å². The molecule has 0 aliphatic heterocycles. The summed E-state index contributed by atoms with van der Waals surface area (Å²) < 4.78 is 1.09. The number of rotatable bonds is 1. The highest BCUT2D eigenvalue weighted by atomic mass is 127. The monoisotopic (exact) mass is 374 g/mol. The Balaban J connectivity index is 2.50. The largest absolute Gasteiger partial charge is 0.289 e. The van der Waals surface area contributed by atoms with Crippen LogP contribution in [0, 0.1) is 3.57 Å². The van der Waals surface area contributed by atoms with Crippen molar-refractivity contribution in [1.82, 2.24) is 0 Å². The van der Waals surface area contributed by atoms with Crippen molar-refractivity contribution in [2.24, 2.45) is 0 Å². The molecule has 0 fully saturated rings. The van der Waals surface area contributed by atoms with E-state index in [0.717, 1.165) is 25.1 Å². The van der Waals surface area contributed by atoms with E-state index in [1.807, 2.05) is 36.4 Å². The second kappa shape index (κ2) is 5.17. The average Bonchev–Trinajstić information content (AvgIpc) is 2.57. The molecule has 0 spiro atoms. The zero-order chi connectivity index (χ0) is 14.3. The molecule has 0 saturated carbocycles. The molecule has 2 heteroatoms. The van der Waals surface area contributed by atoms with E-state index in [1.165, 1.54) is 5.56 Å². The van der Waals surface area contributed by atoms with E-state index in [0.29, 0.717) is 5.92 Å². The minimum absolute atomic E-state index is 0.126. The molecule has 0 aliphatic carbocycles. The molecule has 0 saturated heterocycles. The Bertz CT molecular complexity index is 866. The molecule has 1 nitrogen and oxygen atoms in total. The smallest absolute Gasteiger partial charge is 0.194 e. The van der Waals surface area contributed by atoms with Gasteiger partial charge in [-0.25, -0.2) is 0 Å². The van der Waals surface area contributed by atoms with Gasteiger partial charge in [0, 0.05) is 14.3 Å². The molecule has 0 amide bonds. The fourth-order valence-electron chi connectivity index (χ4n) is 2.47. The predicted octanol–water partition coefficient (Wildman–Crippen LogP) is 5.08. The van der Waals surface area contributed by atoms with Crippen LogP contribution in [0.4, 0.5) is 0 Å². The zero-order valence-electron chi connectivity index (χ0n) is 11.5. The molecule has 0 heterocycles. The third kappa shape index (κ3) is 2.33. The van der Waals surface area contributed by atoms with Gasteiger partial charge in [0.25, 0.3) is 0 Å². The van der Waals surface area contributed by atoms with Crippen LogP contribution >= 0.6 is 22.6 Å². The Morgan fingerprint density at radius 1 is 0.850 bits per heavy atom. The second-order valence-corrected chi connectivity index (χ2v) is 6.64. The predicted molar refractivity (Wildman–Crippen MR) is 94.5 cm³/mol. The summed E-state index contributed by atoms with van der Waals surface area (Å²) in [7, 11) is 0. The van der Waals surface area contributed by atoms with Gasteiger partial charge in [0.05, 0.1) is 0 Å². The molecule has 0 bridgehead atoms. The maximum atomic E-state index is 12.8. The molecular formula is C18H15IO. The fraction of sp³-hybridized carbons (Fsp3) is 0.167. The molecule has 20 heavy (non-hydrogen) atoms. The highest BCUT2D eigenvalue weighted by molar-refractivity contribution is 14.1. The number of hydrogen-bond donors (Lipinski definition) is 0. The molecule has 0 unspecified atom stereocenters. The zero-order valence-corrected chi connectivity index (χ0v) is 13.6. The molecule has 0 atom stereocenters. The summed E-state index contributed by atoms with van der Waals surface area (Å²) in [6.45, 7) is 4.30. The summed E-state index contributed by atoms with van der Waals surface area (Å²) in [6, 6.07) is 16.3. The highest BCUT2D eigenvalue weighted by Gasteiger charge is 2.06. The quantitative estimate of drug-likeness (QED) is 0.543.